The van der Waals surface area contributed by atoms with Gasteiger partial charge >= 0.3 is 5.97 Å². The molecule has 4 saturated carbocycles. The van der Waals surface area contributed by atoms with Gasteiger partial charge in [-0.3, -0.25) is 4.79 Å². The predicted octanol–water partition coefficient (Wildman–Crippen LogP) is 6.62. The minimum atomic E-state index is 0.0148. The third-order valence-corrected chi connectivity index (χ3v) is 10.1. The maximum Gasteiger partial charge on any atom is 0.306 e. The molecule has 4 fully saturated rings. The molecule has 0 aromatic heterocycles. The summed E-state index contributed by atoms with van der Waals surface area (Å²) >= 11 is 0. The predicted molar refractivity (Wildman–Crippen MR) is 110 cm³/mol. The first kappa shape index (κ1) is 19.8. The second-order valence-corrected chi connectivity index (χ2v) is 11.1. The Kier molecular flexibility index (Phi) is 5.40. The standard InChI is InChI=1S/C25H42O2/c1-5-27-23(26)16-17(2)20-11-12-21-19-10-9-18-8-6-7-14-24(18,3)22(19)13-15-25(20,21)4/h17-22H,5-16H2,1-4H3/t17-,18+,19+,20-,21+,22+,24-,25-/m0/s1. The van der Waals surface area contributed by atoms with Gasteiger partial charge in [0.1, 0.15) is 0 Å². The summed E-state index contributed by atoms with van der Waals surface area (Å²) < 4.78 is 5.26. The molecule has 0 saturated heterocycles. The normalized spacial score (nSPS) is 47.5. The molecule has 0 spiro atoms. The van der Waals surface area contributed by atoms with Crippen molar-refractivity contribution in [2.75, 3.05) is 6.61 Å². The van der Waals surface area contributed by atoms with Crippen LogP contribution in [0.4, 0.5) is 0 Å². The highest BCUT2D eigenvalue weighted by Gasteiger charge is 2.60. The van der Waals surface area contributed by atoms with Crippen molar-refractivity contribution in [3.63, 3.8) is 0 Å². The Bertz CT molecular complexity index is 557. The Labute approximate surface area is 167 Å². The van der Waals surface area contributed by atoms with Crippen LogP contribution in [-0.4, -0.2) is 12.6 Å². The van der Waals surface area contributed by atoms with E-state index in [-0.39, 0.29) is 5.97 Å². The van der Waals surface area contributed by atoms with Crippen LogP contribution >= 0.6 is 0 Å². The minimum Gasteiger partial charge on any atom is -0.466 e. The largest absolute Gasteiger partial charge is 0.466 e. The van der Waals surface area contributed by atoms with Crippen LogP contribution in [-0.2, 0) is 9.53 Å². The molecule has 0 heterocycles. The number of esters is 1. The molecule has 0 amide bonds. The molecule has 4 aliphatic carbocycles. The van der Waals surface area contributed by atoms with Gasteiger partial charge in [0.25, 0.3) is 0 Å². The number of fused-ring (bicyclic) bond motifs is 5. The van der Waals surface area contributed by atoms with Crippen LogP contribution in [0.5, 0.6) is 0 Å². The fourth-order valence-corrected chi connectivity index (χ4v) is 8.90. The number of ether oxygens (including phenoxy) is 1. The van der Waals surface area contributed by atoms with E-state index in [2.05, 4.69) is 20.8 Å². The van der Waals surface area contributed by atoms with Crippen molar-refractivity contribution in [3.8, 4) is 0 Å². The highest BCUT2D eigenvalue weighted by Crippen LogP contribution is 2.68. The van der Waals surface area contributed by atoms with Gasteiger partial charge in [-0.05, 0) is 105 Å². The van der Waals surface area contributed by atoms with Crippen molar-refractivity contribution in [1.29, 1.82) is 0 Å². The van der Waals surface area contributed by atoms with E-state index in [1.807, 2.05) is 6.92 Å². The summed E-state index contributed by atoms with van der Waals surface area (Å²) in [4.78, 5) is 12.1. The SMILES string of the molecule is CCOC(=O)C[C@H](C)[C@@H]1CC[C@@H]2[C@H]3CC[C@H]4CCCC[C@]4(C)[C@@H]3CC[C@]21C. The lowest BCUT2D eigenvalue weighted by Gasteiger charge is -2.60. The molecule has 0 radical (unpaired) electrons. The van der Waals surface area contributed by atoms with Crippen molar-refractivity contribution in [2.24, 2.45) is 46.3 Å². The Balaban J connectivity index is 1.50. The van der Waals surface area contributed by atoms with Crippen LogP contribution in [0.15, 0.2) is 0 Å². The Morgan fingerprint density at radius 3 is 2.52 bits per heavy atom. The van der Waals surface area contributed by atoms with Crippen molar-refractivity contribution in [2.45, 2.75) is 98.3 Å². The van der Waals surface area contributed by atoms with Gasteiger partial charge in [-0.2, -0.15) is 0 Å². The highest BCUT2D eigenvalue weighted by atomic mass is 16.5. The molecule has 2 nitrogen and oxygen atoms in total. The minimum absolute atomic E-state index is 0.0148. The summed E-state index contributed by atoms with van der Waals surface area (Å²) in [5.74, 6) is 5.06. The molecule has 0 aliphatic heterocycles. The van der Waals surface area contributed by atoms with Crippen molar-refractivity contribution in [1.82, 2.24) is 0 Å². The topological polar surface area (TPSA) is 26.3 Å². The Morgan fingerprint density at radius 1 is 0.963 bits per heavy atom. The first-order valence-electron chi connectivity index (χ1n) is 12.1. The van der Waals surface area contributed by atoms with E-state index in [9.17, 15) is 4.79 Å². The zero-order chi connectivity index (χ0) is 19.2. The monoisotopic (exact) mass is 374 g/mol. The maximum atomic E-state index is 12.1. The first-order chi connectivity index (χ1) is 12.9. The lowest BCUT2D eigenvalue weighted by Crippen LogP contribution is -2.53. The second kappa shape index (κ2) is 7.38. The summed E-state index contributed by atoms with van der Waals surface area (Å²) in [5.41, 5.74) is 1.10. The van der Waals surface area contributed by atoms with E-state index in [0.29, 0.717) is 35.7 Å². The highest BCUT2D eigenvalue weighted by molar-refractivity contribution is 5.69. The van der Waals surface area contributed by atoms with Crippen molar-refractivity contribution < 1.29 is 9.53 Å². The molecule has 2 heteroatoms. The number of rotatable bonds is 4. The first-order valence-corrected chi connectivity index (χ1v) is 12.1. The van der Waals surface area contributed by atoms with Gasteiger partial charge < -0.3 is 4.74 Å². The van der Waals surface area contributed by atoms with Gasteiger partial charge in [0.05, 0.1) is 6.61 Å². The third-order valence-electron chi connectivity index (χ3n) is 10.1. The molecule has 0 N–H and O–H groups in total. The molecular weight excluding hydrogens is 332 g/mol. The van der Waals surface area contributed by atoms with Gasteiger partial charge in [0, 0.05) is 6.42 Å². The van der Waals surface area contributed by atoms with Crippen LogP contribution < -0.4 is 0 Å². The van der Waals surface area contributed by atoms with Gasteiger partial charge in [-0.1, -0.05) is 33.6 Å². The van der Waals surface area contributed by atoms with E-state index in [1.165, 1.54) is 64.2 Å². The van der Waals surface area contributed by atoms with Crippen molar-refractivity contribution in [3.05, 3.63) is 0 Å². The summed E-state index contributed by atoms with van der Waals surface area (Å²) in [6.07, 6.45) is 15.1. The molecule has 4 rings (SSSR count). The second-order valence-electron chi connectivity index (χ2n) is 11.1. The third kappa shape index (κ3) is 3.18. The molecule has 0 aromatic carbocycles. The summed E-state index contributed by atoms with van der Waals surface area (Å²) in [7, 11) is 0. The van der Waals surface area contributed by atoms with E-state index >= 15 is 0 Å². The summed E-state index contributed by atoms with van der Waals surface area (Å²) in [6.45, 7) is 10.0. The van der Waals surface area contributed by atoms with E-state index < -0.39 is 0 Å². The number of hydrogen-bond acceptors (Lipinski definition) is 2. The number of hydrogen-bond donors (Lipinski definition) is 0. The maximum absolute atomic E-state index is 12.1. The van der Waals surface area contributed by atoms with Crippen LogP contribution in [0.1, 0.15) is 98.3 Å². The molecular formula is C25H42O2. The molecule has 154 valence electrons. The van der Waals surface area contributed by atoms with Gasteiger partial charge in [-0.15, -0.1) is 0 Å². The molecule has 0 unspecified atom stereocenters. The summed E-state index contributed by atoms with van der Waals surface area (Å²) in [6, 6.07) is 0. The average Bonchev–Trinajstić information content (AvgIpc) is 2.98. The molecule has 4 aliphatic rings. The van der Waals surface area contributed by atoms with Gasteiger partial charge in [0.2, 0.25) is 0 Å². The zero-order valence-electron chi connectivity index (χ0n) is 18.3. The van der Waals surface area contributed by atoms with Crippen LogP contribution in [0.3, 0.4) is 0 Å². The quantitative estimate of drug-likeness (QED) is 0.517. The van der Waals surface area contributed by atoms with E-state index in [4.69, 9.17) is 4.74 Å². The van der Waals surface area contributed by atoms with E-state index in [1.54, 1.807) is 0 Å². The van der Waals surface area contributed by atoms with Gasteiger partial charge in [0.15, 0.2) is 0 Å². The number of carbonyl (C=O) groups is 1. The van der Waals surface area contributed by atoms with Crippen LogP contribution in [0.2, 0.25) is 0 Å². The average molecular weight is 375 g/mol. The zero-order valence-corrected chi connectivity index (χ0v) is 18.3. The van der Waals surface area contributed by atoms with Crippen molar-refractivity contribution >= 4 is 5.97 Å². The lowest BCUT2D eigenvalue weighted by molar-refractivity contribution is -0.145. The van der Waals surface area contributed by atoms with E-state index in [0.717, 1.165) is 23.7 Å². The fourth-order valence-electron chi connectivity index (χ4n) is 8.90. The number of carbonyl (C=O) groups excluding carboxylic acids is 1. The fraction of sp³-hybridized carbons (Fsp3) is 0.960. The van der Waals surface area contributed by atoms with Gasteiger partial charge in [-0.25, -0.2) is 0 Å². The van der Waals surface area contributed by atoms with Crippen LogP contribution in [0.25, 0.3) is 0 Å². The molecule has 8 atom stereocenters. The lowest BCUT2D eigenvalue weighted by atomic mass is 9.44. The molecule has 0 bridgehead atoms. The Hall–Kier alpha value is -0.530. The molecule has 0 aromatic rings. The molecule has 27 heavy (non-hydrogen) atoms. The summed E-state index contributed by atoms with van der Waals surface area (Å²) in [5, 5.41) is 0. The van der Waals surface area contributed by atoms with Crippen LogP contribution in [0, 0.1) is 46.3 Å². The smallest absolute Gasteiger partial charge is 0.306 e. The Morgan fingerprint density at radius 2 is 1.74 bits per heavy atom.